The third kappa shape index (κ3) is 11.1. The lowest BCUT2D eigenvalue weighted by molar-refractivity contribution is -0.119. The van der Waals surface area contributed by atoms with Crippen molar-refractivity contribution in [3.63, 3.8) is 0 Å². The van der Waals surface area contributed by atoms with Gasteiger partial charge >= 0.3 is 0 Å². The molecule has 0 radical (unpaired) electrons. The number of carbonyl (C=O) groups excluding carboxylic acids is 1. The molecule has 5 N–H and O–H groups in total. The van der Waals surface area contributed by atoms with E-state index in [1.807, 2.05) is 11.8 Å². The van der Waals surface area contributed by atoms with Crippen molar-refractivity contribution < 1.29 is 13.2 Å². The minimum atomic E-state index is -3.29. The monoisotopic (exact) mass is 504 g/mol. The first-order valence-electron chi connectivity index (χ1n) is 8.55. The summed E-state index contributed by atoms with van der Waals surface area (Å²) in [5, 5.41) is 6.57. The largest absolute Gasteiger partial charge is 0.369 e. The van der Waals surface area contributed by atoms with Crippen LogP contribution in [0.5, 0.6) is 0 Å². The molecule has 1 aliphatic rings. The van der Waals surface area contributed by atoms with Gasteiger partial charge in [0.05, 0.1) is 19.3 Å². The molecule has 0 aliphatic carbocycles. The van der Waals surface area contributed by atoms with Gasteiger partial charge in [-0.1, -0.05) is 0 Å². The van der Waals surface area contributed by atoms with E-state index in [-0.39, 0.29) is 35.9 Å². The number of hydrogen-bond donors (Lipinski definition) is 4. The quantitative estimate of drug-likeness (QED) is 0.199. The Hall–Kier alpha value is -0.660. The number of sulfonamides is 1. The number of nitrogens with one attached hydrogen (secondary N) is 3. The summed E-state index contributed by atoms with van der Waals surface area (Å²) in [6.07, 6.45) is 2.92. The molecule has 0 aromatic rings. The number of nitrogens with two attached hydrogens (primary N) is 1. The van der Waals surface area contributed by atoms with Crippen LogP contribution < -0.4 is 21.1 Å². The van der Waals surface area contributed by atoms with Crippen LogP contribution in [0.3, 0.4) is 0 Å². The van der Waals surface area contributed by atoms with E-state index in [4.69, 9.17) is 5.73 Å². The molecule has 1 fully saturated rings. The Kier molecular flexibility index (Phi) is 11.0. The highest BCUT2D eigenvalue weighted by atomic mass is 127. The van der Waals surface area contributed by atoms with Crippen molar-refractivity contribution in [1.82, 2.24) is 20.3 Å². The topological polar surface area (TPSA) is 129 Å². The van der Waals surface area contributed by atoms with Crippen LogP contribution in [-0.2, 0) is 14.8 Å². The van der Waals surface area contributed by atoms with Gasteiger partial charge in [0.15, 0.2) is 5.96 Å². The molecular weight excluding hydrogens is 471 g/mol. The number of rotatable bonds is 8. The van der Waals surface area contributed by atoms with Crippen LogP contribution in [0.1, 0.15) is 33.6 Å². The average molecular weight is 504 g/mol. The SMILES string of the molecule is CCNC(=NCC(C)(C)NS(C)(=O)=O)NC1CCN(CC(N)=O)CC1.I. The van der Waals surface area contributed by atoms with Gasteiger partial charge < -0.3 is 16.4 Å². The molecule has 1 heterocycles. The Balaban J connectivity index is 0.00000625. The summed E-state index contributed by atoms with van der Waals surface area (Å²) in [6.45, 7) is 8.51. The first kappa shape index (κ1) is 25.3. The number of halogens is 1. The highest BCUT2D eigenvalue weighted by Gasteiger charge is 2.23. The zero-order chi connectivity index (χ0) is 19.1. The van der Waals surface area contributed by atoms with Gasteiger partial charge in [0.25, 0.3) is 0 Å². The molecule has 26 heavy (non-hydrogen) atoms. The van der Waals surface area contributed by atoms with E-state index in [9.17, 15) is 13.2 Å². The van der Waals surface area contributed by atoms with Gasteiger partial charge in [-0.05, 0) is 33.6 Å². The second-order valence-electron chi connectivity index (χ2n) is 7.11. The summed E-state index contributed by atoms with van der Waals surface area (Å²) >= 11 is 0. The molecule has 1 aliphatic heterocycles. The Morgan fingerprint density at radius 2 is 1.88 bits per heavy atom. The van der Waals surface area contributed by atoms with E-state index in [2.05, 4.69) is 20.3 Å². The van der Waals surface area contributed by atoms with E-state index in [1.165, 1.54) is 0 Å². The van der Waals surface area contributed by atoms with Gasteiger partial charge in [0.1, 0.15) is 0 Å². The van der Waals surface area contributed by atoms with Gasteiger partial charge in [-0.15, -0.1) is 24.0 Å². The van der Waals surface area contributed by atoms with Crippen LogP contribution in [0.25, 0.3) is 0 Å². The van der Waals surface area contributed by atoms with Gasteiger partial charge in [0, 0.05) is 31.2 Å². The summed E-state index contributed by atoms with van der Waals surface area (Å²) < 4.78 is 25.4. The molecule has 11 heteroatoms. The second kappa shape index (κ2) is 11.2. The minimum absolute atomic E-state index is 0. The number of carbonyl (C=O) groups is 1. The zero-order valence-electron chi connectivity index (χ0n) is 16.0. The third-order valence-electron chi connectivity index (χ3n) is 3.75. The predicted molar refractivity (Wildman–Crippen MR) is 115 cm³/mol. The Bertz CT molecular complexity index is 574. The van der Waals surface area contributed by atoms with Gasteiger partial charge in [-0.25, -0.2) is 13.1 Å². The maximum atomic E-state index is 11.4. The van der Waals surface area contributed by atoms with Crippen LogP contribution in [0.2, 0.25) is 0 Å². The molecule has 0 aromatic heterocycles. The highest BCUT2D eigenvalue weighted by Crippen LogP contribution is 2.10. The molecule has 0 bridgehead atoms. The smallest absolute Gasteiger partial charge is 0.231 e. The van der Waals surface area contributed by atoms with Crippen molar-refractivity contribution in [3.8, 4) is 0 Å². The molecule has 154 valence electrons. The number of amides is 1. The lowest BCUT2D eigenvalue weighted by Crippen LogP contribution is -2.51. The normalized spacial score (nSPS) is 17.5. The second-order valence-corrected chi connectivity index (χ2v) is 8.86. The molecule has 0 saturated carbocycles. The van der Waals surface area contributed by atoms with Gasteiger partial charge in [-0.3, -0.25) is 14.7 Å². The average Bonchev–Trinajstić information content (AvgIpc) is 2.44. The van der Waals surface area contributed by atoms with Crippen molar-refractivity contribution in [2.75, 3.05) is 39.0 Å². The highest BCUT2D eigenvalue weighted by molar-refractivity contribution is 14.0. The summed E-state index contributed by atoms with van der Waals surface area (Å²) in [6, 6.07) is 0.257. The molecule has 0 atom stereocenters. The van der Waals surface area contributed by atoms with E-state index in [0.29, 0.717) is 25.6 Å². The van der Waals surface area contributed by atoms with Gasteiger partial charge in [-0.2, -0.15) is 0 Å². The minimum Gasteiger partial charge on any atom is -0.369 e. The number of piperidine rings is 1. The number of aliphatic imine (C=N–C) groups is 1. The summed E-state index contributed by atoms with van der Waals surface area (Å²) in [4.78, 5) is 17.5. The molecule has 0 aromatic carbocycles. The lowest BCUT2D eigenvalue weighted by Gasteiger charge is -2.32. The predicted octanol–water partition coefficient (Wildman–Crippen LogP) is -0.563. The number of nitrogens with zero attached hydrogens (tertiary/aromatic N) is 2. The van der Waals surface area contributed by atoms with E-state index >= 15 is 0 Å². The van der Waals surface area contributed by atoms with E-state index < -0.39 is 15.6 Å². The fourth-order valence-electron chi connectivity index (χ4n) is 2.78. The summed E-state index contributed by atoms with van der Waals surface area (Å²) in [5.74, 6) is 0.362. The molecule has 1 saturated heterocycles. The fourth-order valence-corrected chi connectivity index (χ4v) is 3.85. The van der Waals surface area contributed by atoms with Crippen LogP contribution >= 0.6 is 24.0 Å². The van der Waals surface area contributed by atoms with Crippen LogP contribution in [0.15, 0.2) is 4.99 Å². The van der Waals surface area contributed by atoms with Crippen molar-refractivity contribution >= 4 is 45.9 Å². The van der Waals surface area contributed by atoms with Crippen LogP contribution in [0, 0.1) is 0 Å². The first-order chi connectivity index (χ1) is 11.5. The number of primary amides is 1. The number of hydrogen-bond acceptors (Lipinski definition) is 5. The summed E-state index contributed by atoms with van der Waals surface area (Å²) in [7, 11) is -3.29. The Morgan fingerprint density at radius 1 is 1.31 bits per heavy atom. The lowest BCUT2D eigenvalue weighted by atomic mass is 10.1. The maximum Gasteiger partial charge on any atom is 0.231 e. The van der Waals surface area contributed by atoms with Crippen LogP contribution in [-0.4, -0.2) is 75.7 Å². The van der Waals surface area contributed by atoms with Crippen molar-refractivity contribution in [2.45, 2.75) is 45.2 Å². The molecule has 0 unspecified atom stereocenters. The third-order valence-corrected chi connectivity index (χ3v) is 4.67. The number of likely N-dealkylation sites (tertiary alicyclic amines) is 1. The first-order valence-corrected chi connectivity index (χ1v) is 10.4. The standard InChI is InChI=1S/C15H32N6O3S.HI/c1-5-17-14(18-11-15(2,3)20-25(4,23)24)19-12-6-8-21(9-7-12)10-13(16)22;/h12,20H,5-11H2,1-4H3,(H2,16,22)(H2,17,18,19);1H. The van der Waals surface area contributed by atoms with Crippen molar-refractivity contribution in [3.05, 3.63) is 0 Å². The molecule has 0 spiro atoms. The van der Waals surface area contributed by atoms with Crippen LogP contribution in [0.4, 0.5) is 0 Å². The molecule has 1 amide bonds. The zero-order valence-corrected chi connectivity index (χ0v) is 19.2. The molecular formula is C15H33IN6O3S. The van der Waals surface area contributed by atoms with Crippen molar-refractivity contribution in [1.29, 1.82) is 0 Å². The molecule has 1 rings (SSSR count). The summed E-state index contributed by atoms with van der Waals surface area (Å²) in [5.41, 5.74) is 4.56. The van der Waals surface area contributed by atoms with Crippen molar-refractivity contribution in [2.24, 2.45) is 10.7 Å². The number of guanidine groups is 1. The van der Waals surface area contributed by atoms with E-state index in [1.54, 1.807) is 13.8 Å². The molecule has 9 nitrogen and oxygen atoms in total. The van der Waals surface area contributed by atoms with Gasteiger partial charge in [0.2, 0.25) is 15.9 Å². The Morgan fingerprint density at radius 3 is 2.35 bits per heavy atom. The van der Waals surface area contributed by atoms with E-state index in [0.717, 1.165) is 32.2 Å². The maximum absolute atomic E-state index is 11.4. The Labute approximate surface area is 174 Å². The fraction of sp³-hybridized carbons (Fsp3) is 0.867.